The summed E-state index contributed by atoms with van der Waals surface area (Å²) in [5.74, 6) is 0. The van der Waals surface area contributed by atoms with Crippen molar-refractivity contribution in [1.29, 1.82) is 0 Å². The number of hydrogen-bond donors (Lipinski definition) is 2. The molecule has 0 aromatic heterocycles. The summed E-state index contributed by atoms with van der Waals surface area (Å²) in [6.07, 6.45) is 0.911. The summed E-state index contributed by atoms with van der Waals surface area (Å²) in [6, 6.07) is 6.99. The van der Waals surface area contributed by atoms with Crippen LogP contribution in [0.5, 0.6) is 0 Å². The number of nitrogens with one attached hydrogen (secondary N) is 2. The van der Waals surface area contributed by atoms with Crippen molar-refractivity contribution in [3.05, 3.63) is 29.3 Å². The maximum atomic E-state index is 11.4. The van der Waals surface area contributed by atoms with Gasteiger partial charge in [-0.05, 0) is 37.6 Å². The van der Waals surface area contributed by atoms with Gasteiger partial charge in [0.15, 0.2) is 0 Å². The molecule has 15 heavy (non-hydrogen) atoms. The average Bonchev–Trinajstić information content (AvgIpc) is 2.21. The Kier molecular flexibility index (Phi) is 4.43. The Morgan fingerprint density at radius 1 is 1.40 bits per heavy atom. The van der Waals surface area contributed by atoms with Crippen LogP contribution >= 0.6 is 11.6 Å². The zero-order valence-corrected chi connectivity index (χ0v) is 9.64. The predicted octanol–water partition coefficient (Wildman–Crippen LogP) is 3.26. The van der Waals surface area contributed by atoms with Crippen molar-refractivity contribution in [2.24, 2.45) is 0 Å². The molecule has 0 unspecified atom stereocenters. The average molecular weight is 227 g/mol. The Morgan fingerprint density at radius 2 is 2.00 bits per heavy atom. The minimum Gasteiger partial charge on any atom is -0.335 e. The van der Waals surface area contributed by atoms with Gasteiger partial charge in [-0.2, -0.15) is 0 Å². The highest BCUT2D eigenvalue weighted by molar-refractivity contribution is 6.30. The molecule has 2 amide bonds. The molecular weight excluding hydrogens is 212 g/mol. The Hall–Kier alpha value is -1.22. The molecule has 0 heterocycles. The van der Waals surface area contributed by atoms with E-state index in [1.54, 1.807) is 24.3 Å². The van der Waals surface area contributed by atoms with Gasteiger partial charge in [-0.3, -0.25) is 0 Å². The fraction of sp³-hybridized carbons (Fsp3) is 0.364. The molecule has 1 atom stereocenters. The summed E-state index contributed by atoms with van der Waals surface area (Å²) in [5.41, 5.74) is 0.736. The lowest BCUT2D eigenvalue weighted by Gasteiger charge is -2.12. The van der Waals surface area contributed by atoms with Gasteiger partial charge in [-0.1, -0.05) is 18.5 Å². The fourth-order valence-corrected chi connectivity index (χ4v) is 1.15. The molecule has 0 radical (unpaired) electrons. The maximum Gasteiger partial charge on any atom is 0.319 e. The summed E-state index contributed by atoms with van der Waals surface area (Å²) in [5, 5.41) is 6.19. The smallest absolute Gasteiger partial charge is 0.319 e. The standard InChI is InChI=1S/C11H15ClN2O/c1-3-8(2)13-11(15)14-10-6-4-9(12)5-7-10/h4-8H,3H2,1-2H3,(H2,13,14,15)/t8-/m1/s1. The Labute approximate surface area is 94.8 Å². The zero-order chi connectivity index (χ0) is 11.3. The SMILES string of the molecule is CC[C@@H](C)NC(=O)Nc1ccc(Cl)cc1. The molecular formula is C11H15ClN2O. The van der Waals surface area contributed by atoms with Gasteiger partial charge in [0.1, 0.15) is 0 Å². The second-order valence-electron chi connectivity index (χ2n) is 3.41. The van der Waals surface area contributed by atoms with E-state index < -0.39 is 0 Å². The van der Waals surface area contributed by atoms with Crippen LogP contribution < -0.4 is 10.6 Å². The molecule has 4 heteroatoms. The molecule has 0 aliphatic rings. The highest BCUT2D eigenvalue weighted by atomic mass is 35.5. The van der Waals surface area contributed by atoms with Crippen LogP contribution in [-0.2, 0) is 0 Å². The number of carbonyl (C=O) groups excluding carboxylic acids is 1. The molecule has 0 aliphatic heterocycles. The highest BCUT2D eigenvalue weighted by Gasteiger charge is 2.04. The first-order chi connectivity index (χ1) is 7.11. The molecule has 1 aromatic rings. The van der Waals surface area contributed by atoms with Crippen LogP contribution in [0.3, 0.4) is 0 Å². The third-order valence-electron chi connectivity index (χ3n) is 2.09. The van der Waals surface area contributed by atoms with E-state index in [9.17, 15) is 4.79 Å². The van der Waals surface area contributed by atoms with Gasteiger partial charge in [0.25, 0.3) is 0 Å². The first kappa shape index (κ1) is 11.9. The van der Waals surface area contributed by atoms with Gasteiger partial charge in [0, 0.05) is 16.8 Å². The number of urea groups is 1. The third kappa shape index (κ3) is 4.21. The van der Waals surface area contributed by atoms with Gasteiger partial charge in [-0.15, -0.1) is 0 Å². The van der Waals surface area contributed by atoms with Crippen LogP contribution in [0.4, 0.5) is 10.5 Å². The van der Waals surface area contributed by atoms with Crippen LogP contribution in [0.2, 0.25) is 5.02 Å². The van der Waals surface area contributed by atoms with Crippen LogP contribution in [-0.4, -0.2) is 12.1 Å². The van der Waals surface area contributed by atoms with E-state index >= 15 is 0 Å². The van der Waals surface area contributed by atoms with E-state index in [2.05, 4.69) is 10.6 Å². The van der Waals surface area contributed by atoms with Crippen molar-refractivity contribution in [3.8, 4) is 0 Å². The molecule has 2 N–H and O–H groups in total. The highest BCUT2D eigenvalue weighted by Crippen LogP contribution is 2.13. The quantitative estimate of drug-likeness (QED) is 0.816. The van der Waals surface area contributed by atoms with E-state index in [0.717, 1.165) is 12.1 Å². The number of rotatable bonds is 3. The molecule has 1 rings (SSSR count). The molecule has 0 saturated carbocycles. The van der Waals surface area contributed by atoms with E-state index in [0.29, 0.717) is 5.02 Å². The van der Waals surface area contributed by atoms with Gasteiger partial charge >= 0.3 is 6.03 Å². The lowest BCUT2D eigenvalue weighted by molar-refractivity contribution is 0.249. The summed E-state index contributed by atoms with van der Waals surface area (Å²) >= 11 is 5.73. The summed E-state index contributed by atoms with van der Waals surface area (Å²) in [7, 11) is 0. The van der Waals surface area contributed by atoms with Crippen LogP contribution in [0.25, 0.3) is 0 Å². The lowest BCUT2D eigenvalue weighted by atomic mass is 10.3. The van der Waals surface area contributed by atoms with Crippen molar-refractivity contribution in [3.63, 3.8) is 0 Å². The van der Waals surface area contributed by atoms with Gasteiger partial charge in [-0.25, -0.2) is 4.79 Å². The van der Waals surface area contributed by atoms with Crippen molar-refractivity contribution in [2.75, 3.05) is 5.32 Å². The maximum absolute atomic E-state index is 11.4. The van der Waals surface area contributed by atoms with E-state index in [1.807, 2.05) is 13.8 Å². The normalized spacial score (nSPS) is 11.9. The number of amides is 2. The van der Waals surface area contributed by atoms with Crippen molar-refractivity contribution in [1.82, 2.24) is 5.32 Å². The minimum atomic E-state index is -0.188. The zero-order valence-electron chi connectivity index (χ0n) is 8.88. The first-order valence-electron chi connectivity index (χ1n) is 4.95. The monoisotopic (exact) mass is 226 g/mol. The second kappa shape index (κ2) is 5.61. The van der Waals surface area contributed by atoms with E-state index in [1.165, 1.54) is 0 Å². The number of hydrogen-bond acceptors (Lipinski definition) is 1. The van der Waals surface area contributed by atoms with Crippen molar-refractivity contribution >= 4 is 23.3 Å². The summed E-state index contributed by atoms with van der Waals surface area (Å²) in [6.45, 7) is 3.98. The summed E-state index contributed by atoms with van der Waals surface area (Å²) in [4.78, 5) is 11.4. The third-order valence-corrected chi connectivity index (χ3v) is 2.34. The summed E-state index contributed by atoms with van der Waals surface area (Å²) < 4.78 is 0. The number of anilines is 1. The largest absolute Gasteiger partial charge is 0.335 e. The van der Waals surface area contributed by atoms with E-state index in [4.69, 9.17) is 11.6 Å². The molecule has 0 fully saturated rings. The number of carbonyl (C=O) groups is 1. The fourth-order valence-electron chi connectivity index (χ4n) is 1.03. The molecule has 3 nitrogen and oxygen atoms in total. The predicted molar refractivity (Wildman–Crippen MR) is 63.4 cm³/mol. The second-order valence-corrected chi connectivity index (χ2v) is 3.85. The molecule has 0 saturated heterocycles. The van der Waals surface area contributed by atoms with Gasteiger partial charge < -0.3 is 10.6 Å². The van der Waals surface area contributed by atoms with Crippen LogP contribution in [0, 0.1) is 0 Å². The topological polar surface area (TPSA) is 41.1 Å². The van der Waals surface area contributed by atoms with Crippen LogP contribution in [0.15, 0.2) is 24.3 Å². The Morgan fingerprint density at radius 3 is 2.53 bits per heavy atom. The lowest BCUT2D eigenvalue weighted by Crippen LogP contribution is -2.35. The first-order valence-corrected chi connectivity index (χ1v) is 5.32. The van der Waals surface area contributed by atoms with Crippen molar-refractivity contribution < 1.29 is 4.79 Å². The number of halogens is 1. The minimum absolute atomic E-state index is 0.178. The molecule has 0 bridgehead atoms. The Bertz CT molecular complexity index is 324. The Balaban J connectivity index is 2.48. The van der Waals surface area contributed by atoms with Gasteiger partial charge in [0.05, 0.1) is 0 Å². The molecule has 0 spiro atoms. The molecule has 0 aliphatic carbocycles. The number of benzene rings is 1. The van der Waals surface area contributed by atoms with Crippen LogP contribution in [0.1, 0.15) is 20.3 Å². The van der Waals surface area contributed by atoms with E-state index in [-0.39, 0.29) is 12.1 Å². The van der Waals surface area contributed by atoms with Crippen molar-refractivity contribution in [2.45, 2.75) is 26.3 Å². The van der Waals surface area contributed by atoms with Gasteiger partial charge in [0.2, 0.25) is 0 Å². The molecule has 82 valence electrons. The molecule has 1 aromatic carbocycles.